The summed E-state index contributed by atoms with van der Waals surface area (Å²) in [4.78, 5) is 6.63. The Hall–Kier alpha value is -0.980. The number of hydrogen-bond acceptors (Lipinski definition) is 6. The second-order valence-corrected chi connectivity index (χ2v) is 4.26. The average Bonchev–Trinajstić information content (AvgIpc) is 2.87. The van der Waals surface area contributed by atoms with Crippen LogP contribution in [0.4, 0.5) is 0 Å². The lowest BCUT2D eigenvalue weighted by Crippen LogP contribution is -2.38. The Balaban J connectivity index is 2.04. The van der Waals surface area contributed by atoms with Crippen molar-refractivity contribution < 1.29 is 9.26 Å². The molecule has 0 bridgehead atoms. The minimum absolute atomic E-state index is 0.0924. The Labute approximate surface area is 101 Å². The molecule has 1 saturated heterocycles. The molecule has 0 radical (unpaired) electrons. The van der Waals surface area contributed by atoms with Gasteiger partial charge in [-0.3, -0.25) is 4.90 Å². The molecule has 2 rings (SSSR count). The van der Waals surface area contributed by atoms with E-state index in [1.165, 1.54) is 0 Å². The van der Waals surface area contributed by atoms with Crippen molar-refractivity contribution in [3.8, 4) is 0 Å². The maximum atomic E-state index is 5.84. The highest BCUT2D eigenvalue weighted by molar-refractivity contribution is 4.96. The normalized spacial score (nSPS) is 23.8. The SMILES string of the molecule is CCC(N)c1nc(C2CN(CC)CCO2)no1. The summed E-state index contributed by atoms with van der Waals surface area (Å²) in [6.07, 6.45) is 0.694. The largest absolute Gasteiger partial charge is 0.367 e. The Bertz CT molecular complexity index is 355. The van der Waals surface area contributed by atoms with Crippen molar-refractivity contribution in [2.45, 2.75) is 32.4 Å². The van der Waals surface area contributed by atoms with Gasteiger partial charge in [-0.05, 0) is 13.0 Å². The summed E-state index contributed by atoms with van der Waals surface area (Å²) < 4.78 is 10.8. The van der Waals surface area contributed by atoms with E-state index in [1.807, 2.05) is 6.92 Å². The second kappa shape index (κ2) is 5.57. The Morgan fingerprint density at radius 2 is 2.35 bits per heavy atom. The Morgan fingerprint density at radius 3 is 3.06 bits per heavy atom. The minimum Gasteiger partial charge on any atom is -0.367 e. The van der Waals surface area contributed by atoms with E-state index in [2.05, 4.69) is 22.0 Å². The van der Waals surface area contributed by atoms with Gasteiger partial charge in [-0.25, -0.2) is 0 Å². The molecule has 17 heavy (non-hydrogen) atoms. The summed E-state index contributed by atoms with van der Waals surface area (Å²) in [6.45, 7) is 7.63. The molecule has 0 aromatic carbocycles. The second-order valence-electron chi connectivity index (χ2n) is 4.26. The zero-order valence-corrected chi connectivity index (χ0v) is 10.4. The number of nitrogens with zero attached hydrogens (tertiary/aromatic N) is 3. The molecule has 1 aromatic heterocycles. The van der Waals surface area contributed by atoms with Crippen molar-refractivity contribution in [2.24, 2.45) is 5.73 Å². The fraction of sp³-hybridized carbons (Fsp3) is 0.818. The minimum atomic E-state index is -0.179. The molecule has 2 unspecified atom stereocenters. The van der Waals surface area contributed by atoms with Crippen LogP contribution in [-0.2, 0) is 4.74 Å². The van der Waals surface area contributed by atoms with E-state index in [-0.39, 0.29) is 12.1 Å². The van der Waals surface area contributed by atoms with Crippen molar-refractivity contribution in [3.05, 3.63) is 11.7 Å². The van der Waals surface area contributed by atoms with Gasteiger partial charge in [-0.1, -0.05) is 19.0 Å². The monoisotopic (exact) mass is 240 g/mol. The summed E-state index contributed by atoms with van der Waals surface area (Å²) in [7, 11) is 0. The molecule has 2 N–H and O–H groups in total. The zero-order chi connectivity index (χ0) is 12.3. The molecular weight excluding hydrogens is 220 g/mol. The van der Waals surface area contributed by atoms with Crippen LogP contribution in [0.25, 0.3) is 0 Å². The molecule has 0 aliphatic carbocycles. The summed E-state index contributed by atoms with van der Waals surface area (Å²) in [5, 5.41) is 3.96. The highest BCUT2D eigenvalue weighted by Gasteiger charge is 2.26. The first kappa shape index (κ1) is 12.5. The molecule has 96 valence electrons. The predicted octanol–water partition coefficient (Wildman–Crippen LogP) is 0.873. The lowest BCUT2D eigenvalue weighted by atomic mass is 10.2. The van der Waals surface area contributed by atoms with Gasteiger partial charge in [-0.2, -0.15) is 4.98 Å². The van der Waals surface area contributed by atoms with E-state index in [4.69, 9.17) is 15.0 Å². The molecule has 1 aromatic rings. The van der Waals surface area contributed by atoms with E-state index >= 15 is 0 Å². The maximum absolute atomic E-state index is 5.84. The molecule has 2 heterocycles. The number of nitrogens with two attached hydrogens (primary N) is 1. The highest BCUT2D eigenvalue weighted by Crippen LogP contribution is 2.21. The number of hydrogen-bond donors (Lipinski definition) is 1. The fourth-order valence-corrected chi connectivity index (χ4v) is 1.85. The Morgan fingerprint density at radius 1 is 1.53 bits per heavy atom. The topological polar surface area (TPSA) is 77.4 Å². The lowest BCUT2D eigenvalue weighted by Gasteiger charge is -2.30. The van der Waals surface area contributed by atoms with Crippen LogP contribution in [0.2, 0.25) is 0 Å². The number of likely N-dealkylation sites (N-methyl/N-ethyl adjacent to an activating group) is 1. The predicted molar refractivity (Wildman–Crippen MR) is 62.3 cm³/mol. The first-order chi connectivity index (χ1) is 8.24. The average molecular weight is 240 g/mol. The molecule has 6 nitrogen and oxygen atoms in total. The van der Waals surface area contributed by atoms with Crippen LogP contribution >= 0.6 is 0 Å². The van der Waals surface area contributed by atoms with E-state index < -0.39 is 0 Å². The lowest BCUT2D eigenvalue weighted by molar-refractivity contribution is -0.0334. The molecule has 6 heteroatoms. The van der Waals surface area contributed by atoms with E-state index in [1.54, 1.807) is 0 Å². The zero-order valence-electron chi connectivity index (χ0n) is 10.4. The van der Waals surface area contributed by atoms with Gasteiger partial charge in [0.2, 0.25) is 11.7 Å². The van der Waals surface area contributed by atoms with Gasteiger partial charge >= 0.3 is 0 Å². The van der Waals surface area contributed by atoms with Gasteiger partial charge in [-0.15, -0.1) is 0 Å². The van der Waals surface area contributed by atoms with Gasteiger partial charge in [0.15, 0.2) is 0 Å². The maximum Gasteiger partial charge on any atom is 0.243 e. The van der Waals surface area contributed by atoms with Gasteiger partial charge in [0.1, 0.15) is 6.10 Å². The quantitative estimate of drug-likeness (QED) is 0.841. The third-order valence-corrected chi connectivity index (χ3v) is 3.10. The van der Waals surface area contributed by atoms with E-state index in [9.17, 15) is 0 Å². The van der Waals surface area contributed by atoms with E-state index in [0.29, 0.717) is 18.3 Å². The first-order valence-corrected chi connectivity index (χ1v) is 6.17. The van der Waals surface area contributed by atoms with Crippen molar-refractivity contribution in [2.75, 3.05) is 26.2 Å². The number of rotatable bonds is 4. The van der Waals surface area contributed by atoms with Gasteiger partial charge in [0.25, 0.3) is 0 Å². The third-order valence-electron chi connectivity index (χ3n) is 3.10. The van der Waals surface area contributed by atoms with Crippen molar-refractivity contribution in [1.82, 2.24) is 15.0 Å². The molecule has 2 atom stereocenters. The van der Waals surface area contributed by atoms with Crippen LogP contribution in [0.5, 0.6) is 0 Å². The molecule has 1 aliphatic heterocycles. The highest BCUT2D eigenvalue weighted by atomic mass is 16.5. The van der Waals surface area contributed by atoms with Gasteiger partial charge in [0.05, 0.1) is 12.6 Å². The van der Waals surface area contributed by atoms with Crippen molar-refractivity contribution in [1.29, 1.82) is 0 Å². The van der Waals surface area contributed by atoms with E-state index in [0.717, 1.165) is 26.1 Å². The number of aromatic nitrogens is 2. The summed E-state index contributed by atoms with van der Waals surface area (Å²) in [5.74, 6) is 1.11. The molecule has 0 spiro atoms. The molecule has 0 saturated carbocycles. The van der Waals surface area contributed by atoms with Crippen LogP contribution in [0, 0.1) is 0 Å². The fourth-order valence-electron chi connectivity index (χ4n) is 1.85. The molecule has 0 amide bonds. The van der Waals surface area contributed by atoms with Crippen LogP contribution in [0.15, 0.2) is 4.52 Å². The number of ether oxygens (including phenoxy) is 1. The van der Waals surface area contributed by atoms with Crippen LogP contribution in [0.3, 0.4) is 0 Å². The Kier molecular flexibility index (Phi) is 4.09. The number of morpholine rings is 1. The van der Waals surface area contributed by atoms with Crippen LogP contribution in [-0.4, -0.2) is 41.3 Å². The van der Waals surface area contributed by atoms with Crippen molar-refractivity contribution in [3.63, 3.8) is 0 Å². The smallest absolute Gasteiger partial charge is 0.243 e. The summed E-state index contributed by atoms with van der Waals surface area (Å²) >= 11 is 0. The van der Waals surface area contributed by atoms with Crippen LogP contribution < -0.4 is 5.73 Å². The molecule has 1 aliphatic rings. The molecule has 1 fully saturated rings. The standard InChI is InChI=1S/C11H20N4O2/c1-3-8(12)11-13-10(14-17-11)9-7-15(4-2)5-6-16-9/h8-9H,3-7,12H2,1-2H3. The van der Waals surface area contributed by atoms with Gasteiger partial charge < -0.3 is 15.0 Å². The molecular formula is C11H20N4O2. The summed E-state index contributed by atoms with van der Waals surface area (Å²) in [6, 6.07) is -0.179. The van der Waals surface area contributed by atoms with Crippen LogP contribution in [0.1, 0.15) is 44.1 Å². The first-order valence-electron chi connectivity index (χ1n) is 6.17. The van der Waals surface area contributed by atoms with Crippen molar-refractivity contribution >= 4 is 0 Å². The summed E-state index contributed by atoms with van der Waals surface area (Å²) in [5.41, 5.74) is 5.84. The third kappa shape index (κ3) is 2.83. The van der Waals surface area contributed by atoms with Gasteiger partial charge in [0, 0.05) is 13.1 Å².